The Hall–Kier alpha value is -2.11. The van der Waals surface area contributed by atoms with Crippen LogP contribution in [0.5, 0.6) is 0 Å². The summed E-state index contributed by atoms with van der Waals surface area (Å²) in [5.41, 5.74) is 0.318. The zero-order chi connectivity index (χ0) is 20.6. The molecule has 0 bridgehead atoms. The molecule has 2 aliphatic rings. The summed E-state index contributed by atoms with van der Waals surface area (Å²) < 4.78 is 11.0. The third kappa shape index (κ3) is 5.44. The average molecular weight is 377 g/mol. The van der Waals surface area contributed by atoms with Gasteiger partial charge in [0.1, 0.15) is 11.2 Å². The molecule has 1 fully saturated rings. The van der Waals surface area contributed by atoms with Crippen molar-refractivity contribution in [3.63, 3.8) is 0 Å². The van der Waals surface area contributed by atoms with E-state index in [1.54, 1.807) is 54.5 Å². The summed E-state index contributed by atoms with van der Waals surface area (Å²) in [7, 11) is 0. The molecule has 2 unspecified atom stereocenters. The van der Waals surface area contributed by atoms with Crippen molar-refractivity contribution in [2.45, 2.75) is 85.0 Å². The molecule has 0 aromatic rings. The fraction of sp³-hybridized carbons (Fsp3) is 0.667. The standard InChI is InChI=1S/C21H31NO5/c1-13(23)14-8-10-16-15(12-14)9-11-17(16)22(18(24)26-20(2,3)4)19(25)27-21(5,6)7/h8,10,15,17H,9,11-12H2,1-7H3. The molecule has 2 aliphatic carbocycles. The lowest BCUT2D eigenvalue weighted by Crippen LogP contribution is -2.49. The molecule has 1 saturated carbocycles. The largest absolute Gasteiger partial charge is 0.443 e. The molecule has 2 amide bonds. The number of carbonyl (C=O) groups excluding carboxylic acids is 3. The van der Waals surface area contributed by atoms with Crippen LogP contribution in [0.2, 0.25) is 0 Å². The Morgan fingerprint density at radius 2 is 1.44 bits per heavy atom. The molecule has 0 spiro atoms. The van der Waals surface area contributed by atoms with Crippen LogP contribution in [-0.2, 0) is 14.3 Å². The minimum atomic E-state index is -0.724. The Labute approximate surface area is 161 Å². The molecule has 0 radical (unpaired) electrons. The molecule has 0 aromatic carbocycles. The summed E-state index contributed by atoms with van der Waals surface area (Å²) in [5, 5.41) is 0. The van der Waals surface area contributed by atoms with Crippen molar-refractivity contribution in [3.8, 4) is 0 Å². The van der Waals surface area contributed by atoms with Crippen molar-refractivity contribution in [2.75, 3.05) is 0 Å². The van der Waals surface area contributed by atoms with Crippen molar-refractivity contribution in [1.29, 1.82) is 0 Å². The van der Waals surface area contributed by atoms with E-state index in [1.807, 2.05) is 6.08 Å². The molecule has 27 heavy (non-hydrogen) atoms. The molecule has 6 nitrogen and oxygen atoms in total. The number of rotatable bonds is 2. The number of imide groups is 1. The monoisotopic (exact) mass is 377 g/mol. The van der Waals surface area contributed by atoms with Gasteiger partial charge in [-0.05, 0) is 84.8 Å². The number of fused-ring (bicyclic) bond motifs is 1. The predicted molar refractivity (Wildman–Crippen MR) is 102 cm³/mol. The second kappa shape index (κ2) is 7.49. The van der Waals surface area contributed by atoms with Crippen LogP contribution in [0.15, 0.2) is 23.3 Å². The van der Waals surface area contributed by atoms with Gasteiger partial charge < -0.3 is 9.47 Å². The molecule has 2 rings (SSSR count). The third-order valence-electron chi connectivity index (χ3n) is 4.53. The Bertz CT molecular complexity index is 662. The molecule has 0 heterocycles. The van der Waals surface area contributed by atoms with E-state index in [-0.39, 0.29) is 11.7 Å². The van der Waals surface area contributed by atoms with Crippen LogP contribution in [0.3, 0.4) is 0 Å². The highest BCUT2D eigenvalue weighted by molar-refractivity contribution is 5.94. The normalized spacial score (nSPS) is 22.3. The molecular weight excluding hydrogens is 346 g/mol. The maximum atomic E-state index is 12.8. The lowest BCUT2D eigenvalue weighted by molar-refractivity contribution is -0.113. The molecule has 0 saturated heterocycles. The van der Waals surface area contributed by atoms with Gasteiger partial charge in [0.15, 0.2) is 5.78 Å². The number of nitrogens with zero attached hydrogens (tertiary/aromatic N) is 1. The van der Waals surface area contributed by atoms with E-state index >= 15 is 0 Å². The first-order valence-corrected chi connectivity index (χ1v) is 9.45. The van der Waals surface area contributed by atoms with Gasteiger partial charge in [0, 0.05) is 0 Å². The van der Waals surface area contributed by atoms with Gasteiger partial charge in [0.2, 0.25) is 0 Å². The number of Topliss-reactive ketones (excluding diaryl/α,β-unsaturated/α-hetero) is 1. The summed E-state index contributed by atoms with van der Waals surface area (Å²) >= 11 is 0. The van der Waals surface area contributed by atoms with E-state index < -0.39 is 29.4 Å². The number of ether oxygens (including phenoxy) is 2. The second-order valence-corrected chi connectivity index (χ2v) is 9.24. The van der Waals surface area contributed by atoms with E-state index in [0.29, 0.717) is 12.8 Å². The fourth-order valence-corrected chi connectivity index (χ4v) is 3.45. The van der Waals surface area contributed by atoms with Crippen LogP contribution in [0, 0.1) is 5.92 Å². The number of amides is 2. The summed E-state index contributed by atoms with van der Waals surface area (Å²) in [6.07, 6.45) is 4.36. The van der Waals surface area contributed by atoms with E-state index in [1.165, 1.54) is 0 Å². The maximum absolute atomic E-state index is 12.8. The van der Waals surface area contributed by atoms with E-state index in [0.717, 1.165) is 22.5 Å². The van der Waals surface area contributed by atoms with Gasteiger partial charge in [0.05, 0.1) is 6.04 Å². The van der Waals surface area contributed by atoms with Gasteiger partial charge in [-0.3, -0.25) is 4.79 Å². The maximum Gasteiger partial charge on any atom is 0.420 e. The SMILES string of the molecule is CC(=O)C1=CC=C2C(CCC2N(C(=O)OC(C)(C)C)C(=O)OC(C)(C)C)C1. The van der Waals surface area contributed by atoms with Gasteiger partial charge in [-0.25, -0.2) is 14.5 Å². The van der Waals surface area contributed by atoms with E-state index in [4.69, 9.17) is 9.47 Å². The summed E-state index contributed by atoms with van der Waals surface area (Å²) in [6, 6.07) is -0.413. The van der Waals surface area contributed by atoms with E-state index in [2.05, 4.69) is 0 Å². The average Bonchev–Trinajstić information content (AvgIpc) is 2.86. The van der Waals surface area contributed by atoms with Gasteiger partial charge in [-0.1, -0.05) is 12.2 Å². The zero-order valence-electron chi connectivity index (χ0n) is 17.4. The van der Waals surface area contributed by atoms with Crippen LogP contribution >= 0.6 is 0 Å². The smallest absolute Gasteiger partial charge is 0.420 e. The Kier molecular flexibility index (Phi) is 5.88. The topological polar surface area (TPSA) is 72.9 Å². The molecule has 0 aliphatic heterocycles. The van der Waals surface area contributed by atoms with Gasteiger partial charge in [-0.2, -0.15) is 0 Å². The summed E-state index contributed by atoms with van der Waals surface area (Å²) in [5.74, 6) is 0.219. The highest BCUT2D eigenvalue weighted by Crippen LogP contribution is 2.42. The van der Waals surface area contributed by atoms with Crippen molar-refractivity contribution in [1.82, 2.24) is 4.90 Å². The number of hydrogen-bond acceptors (Lipinski definition) is 5. The number of hydrogen-bond donors (Lipinski definition) is 0. The lowest BCUT2D eigenvalue weighted by atomic mass is 9.87. The van der Waals surface area contributed by atoms with Crippen LogP contribution < -0.4 is 0 Å². The van der Waals surface area contributed by atoms with Crippen LogP contribution in [0.1, 0.15) is 67.7 Å². The first-order chi connectivity index (χ1) is 12.3. The lowest BCUT2D eigenvalue weighted by Gasteiger charge is -2.33. The molecule has 0 N–H and O–H groups in total. The van der Waals surface area contributed by atoms with Gasteiger partial charge >= 0.3 is 12.2 Å². The minimum Gasteiger partial charge on any atom is -0.443 e. The fourth-order valence-electron chi connectivity index (χ4n) is 3.45. The zero-order valence-corrected chi connectivity index (χ0v) is 17.4. The number of carbonyl (C=O) groups is 3. The molecular formula is C21H31NO5. The van der Waals surface area contributed by atoms with Crippen LogP contribution in [0.4, 0.5) is 9.59 Å². The van der Waals surface area contributed by atoms with Gasteiger partial charge in [-0.15, -0.1) is 0 Å². The summed E-state index contributed by atoms with van der Waals surface area (Å²) in [4.78, 5) is 38.4. The van der Waals surface area contributed by atoms with Crippen LogP contribution in [-0.4, -0.2) is 40.1 Å². The summed E-state index contributed by atoms with van der Waals surface area (Å²) in [6.45, 7) is 12.1. The first-order valence-electron chi connectivity index (χ1n) is 9.45. The van der Waals surface area contributed by atoms with Crippen molar-refractivity contribution >= 4 is 18.0 Å². The van der Waals surface area contributed by atoms with Crippen molar-refractivity contribution in [3.05, 3.63) is 23.3 Å². The first kappa shape index (κ1) is 21.2. The quantitative estimate of drug-likeness (QED) is 0.692. The number of allylic oxidation sites excluding steroid dienone is 3. The molecule has 0 aromatic heterocycles. The third-order valence-corrected chi connectivity index (χ3v) is 4.53. The predicted octanol–water partition coefficient (Wildman–Crippen LogP) is 4.78. The highest BCUT2D eigenvalue weighted by Gasteiger charge is 2.43. The Morgan fingerprint density at radius 3 is 1.89 bits per heavy atom. The van der Waals surface area contributed by atoms with Crippen molar-refractivity contribution < 1.29 is 23.9 Å². The Morgan fingerprint density at radius 1 is 0.926 bits per heavy atom. The second-order valence-electron chi connectivity index (χ2n) is 9.24. The Balaban J connectivity index is 2.34. The molecule has 2 atom stereocenters. The molecule has 6 heteroatoms. The minimum absolute atomic E-state index is 0.0601. The van der Waals surface area contributed by atoms with Crippen molar-refractivity contribution in [2.24, 2.45) is 5.92 Å². The number of ketones is 1. The highest BCUT2D eigenvalue weighted by atomic mass is 16.6. The van der Waals surface area contributed by atoms with Gasteiger partial charge in [0.25, 0.3) is 0 Å². The van der Waals surface area contributed by atoms with Crippen LogP contribution in [0.25, 0.3) is 0 Å². The van der Waals surface area contributed by atoms with E-state index in [9.17, 15) is 14.4 Å². The molecule has 150 valence electrons.